The second-order valence-electron chi connectivity index (χ2n) is 6.84. The summed E-state index contributed by atoms with van der Waals surface area (Å²) in [7, 11) is 1.62. The van der Waals surface area contributed by atoms with E-state index in [4.69, 9.17) is 9.72 Å². The standard InChI is InChI=1S/C24H19N3O3S/c1-16-7-9-17(10-8-16)22-23(18-11-13-20(14-12-18)27(28)29)31-24(26-22)25-15-19-5-3-4-6-21(19)30-2/h3-15H,1-2H3. The van der Waals surface area contributed by atoms with Crippen molar-refractivity contribution in [2.45, 2.75) is 6.92 Å². The number of aliphatic imine (C=N–C) groups is 1. The van der Waals surface area contributed by atoms with Crippen molar-refractivity contribution in [3.8, 4) is 27.4 Å². The molecular formula is C24H19N3O3S. The minimum atomic E-state index is -0.402. The summed E-state index contributed by atoms with van der Waals surface area (Å²) in [5.74, 6) is 0.733. The van der Waals surface area contributed by atoms with Crippen LogP contribution in [0.5, 0.6) is 5.75 Å². The zero-order valence-corrected chi connectivity index (χ0v) is 17.8. The molecule has 0 saturated heterocycles. The zero-order chi connectivity index (χ0) is 21.8. The number of methoxy groups -OCH3 is 1. The van der Waals surface area contributed by atoms with Crippen LogP contribution in [0.2, 0.25) is 0 Å². The molecule has 0 aliphatic rings. The monoisotopic (exact) mass is 429 g/mol. The Morgan fingerprint density at radius 2 is 1.68 bits per heavy atom. The summed E-state index contributed by atoms with van der Waals surface area (Å²) in [6.45, 7) is 2.03. The van der Waals surface area contributed by atoms with Crippen molar-refractivity contribution >= 4 is 28.4 Å². The normalized spacial score (nSPS) is 11.0. The number of nitro benzene ring substituents is 1. The van der Waals surface area contributed by atoms with Crippen molar-refractivity contribution in [2.75, 3.05) is 7.11 Å². The van der Waals surface area contributed by atoms with Gasteiger partial charge in [-0.1, -0.05) is 53.3 Å². The van der Waals surface area contributed by atoms with E-state index in [2.05, 4.69) is 4.99 Å². The smallest absolute Gasteiger partial charge is 0.269 e. The molecule has 0 atom stereocenters. The minimum absolute atomic E-state index is 0.0552. The number of nitro groups is 1. The predicted octanol–water partition coefficient (Wildman–Crippen LogP) is 6.45. The zero-order valence-electron chi connectivity index (χ0n) is 17.0. The number of aromatic nitrogens is 1. The molecule has 3 aromatic carbocycles. The Kier molecular flexibility index (Phi) is 5.86. The highest BCUT2D eigenvalue weighted by atomic mass is 32.1. The van der Waals surface area contributed by atoms with Crippen LogP contribution in [0.25, 0.3) is 21.7 Å². The van der Waals surface area contributed by atoms with Gasteiger partial charge < -0.3 is 4.74 Å². The SMILES string of the molecule is COc1ccccc1C=Nc1nc(-c2ccc(C)cc2)c(-c2ccc([N+](=O)[O-])cc2)s1. The number of benzene rings is 3. The third-order valence-electron chi connectivity index (χ3n) is 4.73. The molecule has 0 saturated carbocycles. The minimum Gasteiger partial charge on any atom is -0.496 e. The first-order valence-corrected chi connectivity index (χ1v) is 10.4. The van der Waals surface area contributed by atoms with E-state index in [0.717, 1.165) is 38.6 Å². The van der Waals surface area contributed by atoms with Gasteiger partial charge in [-0.2, -0.15) is 0 Å². The van der Waals surface area contributed by atoms with E-state index in [-0.39, 0.29) is 5.69 Å². The maximum Gasteiger partial charge on any atom is 0.269 e. The lowest BCUT2D eigenvalue weighted by Gasteiger charge is -2.03. The number of aryl methyl sites for hydroxylation is 1. The maximum absolute atomic E-state index is 11.0. The number of hydrogen-bond acceptors (Lipinski definition) is 6. The fraction of sp³-hybridized carbons (Fsp3) is 0.0833. The molecule has 0 unspecified atom stereocenters. The van der Waals surface area contributed by atoms with Gasteiger partial charge >= 0.3 is 0 Å². The molecule has 1 aromatic heterocycles. The van der Waals surface area contributed by atoms with Crippen molar-refractivity contribution in [1.29, 1.82) is 0 Å². The molecule has 0 bridgehead atoms. The topological polar surface area (TPSA) is 77.6 Å². The summed E-state index contributed by atoms with van der Waals surface area (Å²) in [6, 6.07) is 22.2. The first-order chi connectivity index (χ1) is 15.0. The van der Waals surface area contributed by atoms with Crippen LogP contribution in [-0.2, 0) is 0 Å². The summed E-state index contributed by atoms with van der Waals surface area (Å²) >= 11 is 1.44. The first kappa shape index (κ1) is 20.4. The highest BCUT2D eigenvalue weighted by molar-refractivity contribution is 7.19. The van der Waals surface area contributed by atoms with Crippen molar-refractivity contribution in [3.05, 3.63) is 94.0 Å². The van der Waals surface area contributed by atoms with Gasteiger partial charge in [0.2, 0.25) is 5.13 Å². The van der Waals surface area contributed by atoms with Gasteiger partial charge in [-0.05, 0) is 36.8 Å². The Balaban J connectivity index is 1.77. The van der Waals surface area contributed by atoms with E-state index in [1.165, 1.54) is 23.5 Å². The molecule has 0 spiro atoms. The summed E-state index contributed by atoms with van der Waals surface area (Å²) in [5.41, 5.74) is 4.69. The largest absolute Gasteiger partial charge is 0.496 e. The molecule has 31 heavy (non-hydrogen) atoms. The molecule has 7 heteroatoms. The molecule has 0 N–H and O–H groups in total. The van der Waals surface area contributed by atoms with E-state index in [0.29, 0.717) is 5.13 Å². The molecule has 0 radical (unpaired) electrons. The van der Waals surface area contributed by atoms with Crippen LogP contribution in [0.15, 0.2) is 77.8 Å². The summed E-state index contributed by atoms with van der Waals surface area (Å²) in [4.78, 5) is 20.9. The van der Waals surface area contributed by atoms with Gasteiger partial charge in [0.05, 0.1) is 22.6 Å². The first-order valence-electron chi connectivity index (χ1n) is 9.55. The average molecular weight is 430 g/mol. The van der Waals surface area contributed by atoms with E-state index in [1.807, 2.05) is 55.5 Å². The molecule has 0 amide bonds. The number of rotatable bonds is 6. The molecule has 0 aliphatic heterocycles. The number of nitrogens with zero attached hydrogens (tertiary/aromatic N) is 3. The van der Waals surface area contributed by atoms with Crippen LogP contribution < -0.4 is 4.74 Å². The number of ether oxygens (including phenoxy) is 1. The molecule has 0 fully saturated rings. The van der Waals surface area contributed by atoms with Crippen LogP contribution in [0.1, 0.15) is 11.1 Å². The van der Waals surface area contributed by atoms with Crippen molar-refractivity contribution in [2.24, 2.45) is 4.99 Å². The third kappa shape index (κ3) is 4.51. The quantitative estimate of drug-likeness (QED) is 0.200. The molecule has 6 nitrogen and oxygen atoms in total. The van der Waals surface area contributed by atoms with Crippen LogP contribution in [0, 0.1) is 17.0 Å². The number of non-ortho nitro benzene ring substituents is 1. The summed E-state index contributed by atoms with van der Waals surface area (Å²) in [5, 5.41) is 11.6. The fourth-order valence-electron chi connectivity index (χ4n) is 3.10. The van der Waals surface area contributed by atoms with Gasteiger partial charge in [0.1, 0.15) is 5.75 Å². The summed E-state index contributed by atoms with van der Waals surface area (Å²) in [6.07, 6.45) is 1.73. The molecule has 4 rings (SSSR count). The molecular weight excluding hydrogens is 410 g/mol. The van der Waals surface area contributed by atoms with E-state index < -0.39 is 4.92 Å². The number of hydrogen-bond donors (Lipinski definition) is 0. The predicted molar refractivity (Wildman–Crippen MR) is 125 cm³/mol. The van der Waals surface area contributed by atoms with Gasteiger partial charge in [0.15, 0.2) is 0 Å². The Bertz CT molecular complexity index is 1250. The molecule has 4 aromatic rings. The highest BCUT2D eigenvalue weighted by Gasteiger charge is 2.16. The van der Waals surface area contributed by atoms with Crippen molar-refractivity contribution in [3.63, 3.8) is 0 Å². The second-order valence-corrected chi connectivity index (χ2v) is 7.82. The van der Waals surface area contributed by atoms with Gasteiger partial charge in [-0.15, -0.1) is 0 Å². The molecule has 154 valence electrons. The lowest BCUT2D eigenvalue weighted by Crippen LogP contribution is -1.89. The van der Waals surface area contributed by atoms with Gasteiger partial charge in [-0.3, -0.25) is 10.1 Å². The average Bonchev–Trinajstić information content (AvgIpc) is 3.22. The Labute approximate surface area is 183 Å². The Morgan fingerprint density at radius 1 is 1.00 bits per heavy atom. The van der Waals surface area contributed by atoms with E-state index in [1.54, 1.807) is 25.5 Å². The molecule has 1 heterocycles. The summed E-state index contributed by atoms with van der Waals surface area (Å²) < 4.78 is 5.38. The van der Waals surface area contributed by atoms with E-state index >= 15 is 0 Å². The fourth-order valence-corrected chi connectivity index (χ4v) is 4.04. The van der Waals surface area contributed by atoms with Crippen LogP contribution in [0.4, 0.5) is 10.8 Å². The highest BCUT2D eigenvalue weighted by Crippen LogP contribution is 2.40. The number of thiazole rings is 1. The van der Waals surface area contributed by atoms with Crippen LogP contribution >= 0.6 is 11.3 Å². The maximum atomic E-state index is 11.0. The van der Waals surface area contributed by atoms with Gasteiger partial charge in [0.25, 0.3) is 5.69 Å². The number of para-hydroxylation sites is 1. The van der Waals surface area contributed by atoms with Crippen molar-refractivity contribution in [1.82, 2.24) is 4.98 Å². The lowest BCUT2D eigenvalue weighted by molar-refractivity contribution is -0.384. The lowest BCUT2D eigenvalue weighted by atomic mass is 10.1. The van der Waals surface area contributed by atoms with Crippen LogP contribution in [-0.4, -0.2) is 23.2 Å². The van der Waals surface area contributed by atoms with E-state index in [9.17, 15) is 10.1 Å². The van der Waals surface area contributed by atoms with Gasteiger partial charge in [0, 0.05) is 29.5 Å². The molecule has 0 aliphatic carbocycles. The van der Waals surface area contributed by atoms with Gasteiger partial charge in [-0.25, -0.2) is 9.98 Å². The Morgan fingerprint density at radius 3 is 2.35 bits per heavy atom. The third-order valence-corrected chi connectivity index (χ3v) is 5.75. The van der Waals surface area contributed by atoms with Crippen molar-refractivity contribution < 1.29 is 9.66 Å². The second kappa shape index (κ2) is 8.89. The Hall–Kier alpha value is -3.84. The van der Waals surface area contributed by atoms with Crippen LogP contribution in [0.3, 0.4) is 0 Å².